The van der Waals surface area contributed by atoms with Crippen molar-refractivity contribution in [3.05, 3.63) is 60.2 Å². The summed E-state index contributed by atoms with van der Waals surface area (Å²) >= 11 is 0. The lowest BCUT2D eigenvalue weighted by molar-refractivity contribution is -0.205. The van der Waals surface area contributed by atoms with Crippen molar-refractivity contribution in [2.24, 2.45) is 10.8 Å². The molecule has 4 heterocycles. The van der Waals surface area contributed by atoms with Crippen LogP contribution in [0.2, 0.25) is 0 Å². The minimum atomic E-state index is -1.70. The van der Waals surface area contributed by atoms with E-state index in [1.807, 2.05) is 35.8 Å². The highest BCUT2D eigenvalue weighted by molar-refractivity contribution is 6.17. The van der Waals surface area contributed by atoms with E-state index < -0.39 is 40.6 Å². The van der Waals surface area contributed by atoms with Crippen LogP contribution >= 0.6 is 0 Å². The molecule has 2 aromatic heterocycles. The van der Waals surface area contributed by atoms with Gasteiger partial charge in [0.2, 0.25) is 0 Å². The normalized spacial score (nSPS) is 29.9. The van der Waals surface area contributed by atoms with Gasteiger partial charge in [-0.2, -0.15) is 0 Å². The van der Waals surface area contributed by atoms with E-state index in [1.54, 1.807) is 43.7 Å². The lowest BCUT2D eigenvalue weighted by Gasteiger charge is -2.61. The number of hydrogen-bond acceptors (Lipinski definition) is 9. The zero-order chi connectivity index (χ0) is 25.4. The van der Waals surface area contributed by atoms with Gasteiger partial charge in [0, 0.05) is 31.5 Å². The second-order valence-electron chi connectivity index (χ2n) is 9.40. The van der Waals surface area contributed by atoms with Gasteiger partial charge in [-0.3, -0.25) is 34.2 Å². The molecule has 5 atom stereocenters. The SMILES string of the molecule is CCC(C)N1C[C@]2(C(=O)OC)C(=O)[C@](C(=O)OC)(C1)C(c1ccccn1)N(C)C2c1ccccn1. The molecular weight excluding hydrogens is 448 g/mol. The molecule has 35 heavy (non-hydrogen) atoms. The van der Waals surface area contributed by atoms with Crippen molar-refractivity contribution >= 4 is 17.7 Å². The van der Waals surface area contributed by atoms with Crippen LogP contribution in [0.5, 0.6) is 0 Å². The average Bonchev–Trinajstić information content (AvgIpc) is 2.89. The van der Waals surface area contributed by atoms with Crippen molar-refractivity contribution in [1.82, 2.24) is 19.8 Å². The van der Waals surface area contributed by atoms with Crippen LogP contribution in [-0.4, -0.2) is 77.9 Å². The van der Waals surface area contributed by atoms with E-state index in [4.69, 9.17) is 9.47 Å². The number of ether oxygens (including phenoxy) is 2. The van der Waals surface area contributed by atoms with Crippen LogP contribution in [-0.2, 0) is 23.9 Å². The van der Waals surface area contributed by atoms with Gasteiger partial charge in [0.25, 0.3) is 0 Å². The number of Topliss-reactive ketones (excluding diaryl/α,β-unsaturated/α-hetero) is 1. The Kier molecular flexibility index (Phi) is 6.75. The molecule has 2 bridgehead atoms. The Balaban J connectivity index is 2.09. The molecule has 0 N–H and O–H groups in total. The van der Waals surface area contributed by atoms with Gasteiger partial charge < -0.3 is 9.47 Å². The van der Waals surface area contributed by atoms with Gasteiger partial charge in [0.15, 0.2) is 16.6 Å². The summed E-state index contributed by atoms with van der Waals surface area (Å²) in [4.78, 5) is 55.1. The summed E-state index contributed by atoms with van der Waals surface area (Å²) in [6.07, 6.45) is 4.03. The highest BCUT2D eigenvalue weighted by Crippen LogP contribution is 2.60. The number of carbonyl (C=O) groups is 3. The zero-order valence-corrected chi connectivity index (χ0v) is 20.8. The molecule has 3 unspecified atom stereocenters. The first-order valence-electron chi connectivity index (χ1n) is 11.8. The number of rotatable bonds is 6. The largest absolute Gasteiger partial charge is 0.468 e. The van der Waals surface area contributed by atoms with E-state index in [-0.39, 0.29) is 19.1 Å². The third-order valence-corrected chi connectivity index (χ3v) is 7.71. The van der Waals surface area contributed by atoms with Gasteiger partial charge in [0.1, 0.15) is 0 Å². The number of hydrogen-bond donors (Lipinski definition) is 0. The topological polar surface area (TPSA) is 102 Å². The molecule has 2 saturated heterocycles. The minimum absolute atomic E-state index is 0.00617. The second kappa shape index (κ2) is 9.47. The molecule has 2 aromatic rings. The van der Waals surface area contributed by atoms with Crippen LogP contribution < -0.4 is 0 Å². The number of pyridine rings is 2. The molecule has 2 aliphatic heterocycles. The summed E-state index contributed by atoms with van der Waals surface area (Å²) in [5, 5.41) is 0. The lowest BCUT2D eigenvalue weighted by atomic mass is 9.54. The quantitative estimate of drug-likeness (QED) is 0.455. The monoisotopic (exact) mass is 480 g/mol. The number of piperidine rings is 2. The number of methoxy groups -OCH3 is 2. The summed E-state index contributed by atoms with van der Waals surface area (Å²) < 4.78 is 10.6. The zero-order valence-electron chi connectivity index (χ0n) is 20.8. The van der Waals surface area contributed by atoms with E-state index in [0.29, 0.717) is 11.4 Å². The van der Waals surface area contributed by atoms with Gasteiger partial charge in [-0.25, -0.2) is 0 Å². The second-order valence-corrected chi connectivity index (χ2v) is 9.40. The molecular formula is C26H32N4O5. The number of carbonyl (C=O) groups excluding carboxylic acids is 3. The Morgan fingerprint density at radius 1 is 0.971 bits per heavy atom. The molecule has 2 aliphatic rings. The first-order valence-corrected chi connectivity index (χ1v) is 11.8. The van der Waals surface area contributed by atoms with E-state index in [1.165, 1.54) is 14.2 Å². The van der Waals surface area contributed by atoms with Crippen LogP contribution in [0.1, 0.15) is 43.7 Å². The molecule has 186 valence electrons. The summed E-state index contributed by atoms with van der Waals surface area (Å²) in [6, 6.07) is 9.19. The maximum absolute atomic E-state index is 14.7. The molecule has 2 fully saturated rings. The van der Waals surface area contributed by atoms with Crippen molar-refractivity contribution in [1.29, 1.82) is 0 Å². The summed E-state index contributed by atoms with van der Waals surface area (Å²) in [7, 11) is 4.35. The van der Waals surface area contributed by atoms with E-state index >= 15 is 0 Å². The highest BCUT2D eigenvalue weighted by atomic mass is 16.5. The van der Waals surface area contributed by atoms with Crippen LogP contribution in [0.25, 0.3) is 0 Å². The first-order chi connectivity index (χ1) is 16.8. The smallest absolute Gasteiger partial charge is 0.322 e. The van der Waals surface area contributed by atoms with Crippen LogP contribution in [0, 0.1) is 10.8 Å². The third kappa shape index (κ3) is 3.56. The van der Waals surface area contributed by atoms with Gasteiger partial charge in [-0.1, -0.05) is 19.1 Å². The van der Waals surface area contributed by atoms with Crippen LogP contribution in [0.4, 0.5) is 0 Å². The Labute approximate surface area is 205 Å². The molecule has 0 radical (unpaired) electrons. The Morgan fingerprint density at radius 2 is 1.43 bits per heavy atom. The fourth-order valence-corrected chi connectivity index (χ4v) is 5.97. The van der Waals surface area contributed by atoms with Crippen molar-refractivity contribution in [2.45, 2.75) is 38.4 Å². The third-order valence-electron chi connectivity index (χ3n) is 7.71. The maximum atomic E-state index is 14.7. The fraction of sp³-hybridized carbons (Fsp3) is 0.500. The van der Waals surface area contributed by atoms with Gasteiger partial charge in [0.05, 0.1) is 37.7 Å². The standard InChI is InChI=1S/C26H32N4O5/c1-6-17(2)30-15-25(23(32)34-4)20(18-11-7-9-13-27-18)29(3)21(19-12-8-10-14-28-19)26(16-30,22(25)31)24(33)35-5/h7-14,17,20-21H,6,15-16H2,1-5H3/t17?,20?,21?,25-,26+. The molecule has 9 heteroatoms. The van der Waals surface area contributed by atoms with E-state index in [9.17, 15) is 14.4 Å². The highest BCUT2D eigenvalue weighted by Gasteiger charge is 2.75. The molecule has 0 spiro atoms. The average molecular weight is 481 g/mol. The molecule has 0 aliphatic carbocycles. The number of esters is 2. The van der Waals surface area contributed by atoms with Gasteiger partial charge >= 0.3 is 11.9 Å². The van der Waals surface area contributed by atoms with Crippen LogP contribution in [0.15, 0.2) is 48.8 Å². The number of aromatic nitrogens is 2. The maximum Gasteiger partial charge on any atom is 0.322 e. The summed E-state index contributed by atoms with van der Waals surface area (Å²) in [5.41, 5.74) is -2.31. The lowest BCUT2D eigenvalue weighted by Crippen LogP contribution is -2.76. The predicted molar refractivity (Wildman–Crippen MR) is 127 cm³/mol. The number of likely N-dealkylation sites (tertiary alicyclic amines) is 2. The van der Waals surface area contributed by atoms with Gasteiger partial charge in [-0.05, 0) is 44.7 Å². The van der Waals surface area contributed by atoms with Crippen molar-refractivity contribution in [3.63, 3.8) is 0 Å². The van der Waals surface area contributed by atoms with Crippen molar-refractivity contribution in [3.8, 4) is 0 Å². The summed E-state index contributed by atoms with van der Waals surface area (Å²) in [6.45, 7) is 4.27. The Bertz CT molecular complexity index is 1020. The van der Waals surface area contributed by atoms with E-state index in [2.05, 4.69) is 9.97 Å². The summed E-state index contributed by atoms with van der Waals surface area (Å²) in [5.74, 6) is -1.89. The number of fused-ring (bicyclic) bond motifs is 2. The Morgan fingerprint density at radius 3 is 1.77 bits per heavy atom. The minimum Gasteiger partial charge on any atom is -0.468 e. The number of ketones is 1. The fourth-order valence-electron chi connectivity index (χ4n) is 5.97. The van der Waals surface area contributed by atoms with Crippen molar-refractivity contribution < 1.29 is 23.9 Å². The molecule has 4 rings (SSSR count). The molecule has 0 amide bonds. The first kappa shape index (κ1) is 24.9. The number of nitrogens with zero attached hydrogens (tertiary/aromatic N) is 4. The molecule has 9 nitrogen and oxygen atoms in total. The molecule has 0 aromatic carbocycles. The molecule has 0 saturated carbocycles. The van der Waals surface area contributed by atoms with E-state index in [0.717, 1.165) is 6.42 Å². The predicted octanol–water partition coefficient (Wildman–Crippen LogP) is 2.21. The van der Waals surface area contributed by atoms with Crippen LogP contribution in [0.3, 0.4) is 0 Å². The van der Waals surface area contributed by atoms with Crippen molar-refractivity contribution in [2.75, 3.05) is 34.4 Å². The Hall–Kier alpha value is -3.17. The van der Waals surface area contributed by atoms with Gasteiger partial charge in [-0.15, -0.1) is 0 Å².